The standard InChI is InChI=1S/C15H13F2N5/c1-10-19-20-21-22(10)14-4-2-3-13(8-14)18-9-11-7-12(16)5-6-15(11)17/h2-8,18H,9H2,1H3. The highest BCUT2D eigenvalue weighted by molar-refractivity contribution is 5.51. The molecule has 0 amide bonds. The summed E-state index contributed by atoms with van der Waals surface area (Å²) in [5, 5.41) is 14.4. The number of tetrazole rings is 1. The number of halogens is 2. The van der Waals surface area contributed by atoms with Gasteiger partial charge >= 0.3 is 0 Å². The third kappa shape index (κ3) is 2.93. The lowest BCUT2D eigenvalue weighted by molar-refractivity contribution is 0.587. The molecule has 0 spiro atoms. The summed E-state index contributed by atoms with van der Waals surface area (Å²) in [5.74, 6) is -0.244. The molecule has 0 aliphatic carbocycles. The van der Waals surface area contributed by atoms with Crippen LogP contribution in [0.4, 0.5) is 14.5 Å². The Morgan fingerprint density at radius 3 is 2.77 bits per heavy atom. The van der Waals surface area contributed by atoms with Crippen molar-refractivity contribution in [2.24, 2.45) is 0 Å². The molecule has 7 heteroatoms. The van der Waals surface area contributed by atoms with Crippen LogP contribution in [0.25, 0.3) is 5.69 Å². The van der Waals surface area contributed by atoms with E-state index in [1.54, 1.807) is 11.6 Å². The van der Waals surface area contributed by atoms with E-state index in [9.17, 15) is 8.78 Å². The van der Waals surface area contributed by atoms with Crippen LogP contribution in [0.15, 0.2) is 42.5 Å². The van der Waals surface area contributed by atoms with Crippen LogP contribution in [0, 0.1) is 18.6 Å². The van der Waals surface area contributed by atoms with Gasteiger partial charge in [0, 0.05) is 17.8 Å². The Hall–Kier alpha value is -2.83. The molecule has 0 atom stereocenters. The summed E-state index contributed by atoms with van der Waals surface area (Å²) in [6, 6.07) is 10.8. The molecule has 112 valence electrons. The SMILES string of the molecule is Cc1nnnn1-c1cccc(NCc2cc(F)ccc2F)c1. The van der Waals surface area contributed by atoms with Crippen LogP contribution in [0.2, 0.25) is 0 Å². The van der Waals surface area contributed by atoms with Crippen molar-refractivity contribution in [3.8, 4) is 5.69 Å². The van der Waals surface area contributed by atoms with Crippen LogP contribution in [0.1, 0.15) is 11.4 Å². The van der Waals surface area contributed by atoms with E-state index in [-0.39, 0.29) is 12.1 Å². The molecule has 3 aromatic rings. The molecule has 3 rings (SSSR count). The van der Waals surface area contributed by atoms with Crippen molar-refractivity contribution in [3.05, 3.63) is 65.5 Å². The quantitative estimate of drug-likeness (QED) is 0.805. The van der Waals surface area contributed by atoms with Crippen LogP contribution in [-0.2, 0) is 6.54 Å². The minimum Gasteiger partial charge on any atom is -0.381 e. The molecule has 0 aliphatic rings. The first-order valence-electron chi connectivity index (χ1n) is 6.67. The molecule has 0 aliphatic heterocycles. The van der Waals surface area contributed by atoms with Gasteiger partial charge < -0.3 is 5.32 Å². The highest BCUT2D eigenvalue weighted by Crippen LogP contribution is 2.17. The Kier molecular flexibility index (Phi) is 3.78. The summed E-state index contributed by atoms with van der Waals surface area (Å²) >= 11 is 0. The zero-order valence-electron chi connectivity index (χ0n) is 11.8. The minimum atomic E-state index is -0.462. The number of nitrogens with zero attached hydrogens (tertiary/aromatic N) is 4. The van der Waals surface area contributed by atoms with Crippen molar-refractivity contribution in [1.29, 1.82) is 0 Å². The summed E-state index contributed by atoms with van der Waals surface area (Å²) in [7, 11) is 0. The fourth-order valence-corrected chi connectivity index (χ4v) is 2.09. The first-order chi connectivity index (χ1) is 10.6. The van der Waals surface area contributed by atoms with Crippen LogP contribution in [0.5, 0.6) is 0 Å². The molecular formula is C15H13F2N5. The minimum absolute atomic E-state index is 0.182. The maximum atomic E-state index is 13.6. The third-order valence-corrected chi connectivity index (χ3v) is 3.21. The summed E-state index contributed by atoms with van der Waals surface area (Å²) in [5.41, 5.74) is 1.81. The molecule has 0 saturated heterocycles. The number of benzene rings is 2. The molecule has 0 unspecified atom stereocenters. The molecule has 0 fully saturated rings. The average Bonchev–Trinajstić information content (AvgIpc) is 2.95. The lowest BCUT2D eigenvalue weighted by atomic mass is 10.2. The Morgan fingerprint density at radius 1 is 1.14 bits per heavy atom. The normalized spacial score (nSPS) is 10.7. The van der Waals surface area contributed by atoms with Gasteiger partial charge in [0.1, 0.15) is 11.6 Å². The van der Waals surface area contributed by atoms with E-state index in [0.29, 0.717) is 5.82 Å². The topological polar surface area (TPSA) is 55.6 Å². The van der Waals surface area contributed by atoms with E-state index in [0.717, 1.165) is 23.5 Å². The second kappa shape index (κ2) is 5.88. The highest BCUT2D eigenvalue weighted by atomic mass is 19.1. The smallest absolute Gasteiger partial charge is 0.153 e. The van der Waals surface area contributed by atoms with Crippen molar-refractivity contribution in [2.45, 2.75) is 13.5 Å². The van der Waals surface area contributed by atoms with Gasteiger partial charge in [0.2, 0.25) is 0 Å². The van der Waals surface area contributed by atoms with Crippen LogP contribution < -0.4 is 5.32 Å². The maximum absolute atomic E-state index is 13.6. The second-order valence-corrected chi connectivity index (χ2v) is 4.78. The van der Waals surface area contributed by atoms with E-state index in [4.69, 9.17) is 0 Å². The lowest BCUT2D eigenvalue weighted by Crippen LogP contribution is -2.04. The van der Waals surface area contributed by atoms with Crippen molar-refractivity contribution in [1.82, 2.24) is 20.2 Å². The highest BCUT2D eigenvalue weighted by Gasteiger charge is 2.06. The molecular weight excluding hydrogens is 288 g/mol. The monoisotopic (exact) mass is 301 g/mol. The Balaban J connectivity index is 1.79. The largest absolute Gasteiger partial charge is 0.381 e. The summed E-state index contributed by atoms with van der Waals surface area (Å²) < 4.78 is 28.3. The number of rotatable bonds is 4. The summed E-state index contributed by atoms with van der Waals surface area (Å²) in [4.78, 5) is 0. The van der Waals surface area contributed by atoms with E-state index >= 15 is 0 Å². The Morgan fingerprint density at radius 2 is 2.00 bits per heavy atom. The van der Waals surface area contributed by atoms with E-state index in [1.165, 1.54) is 6.07 Å². The maximum Gasteiger partial charge on any atom is 0.153 e. The molecule has 1 aromatic heterocycles. The van der Waals surface area contributed by atoms with Crippen LogP contribution >= 0.6 is 0 Å². The van der Waals surface area contributed by atoms with Gasteiger partial charge in [0.05, 0.1) is 5.69 Å². The average molecular weight is 301 g/mol. The van der Waals surface area contributed by atoms with E-state index in [2.05, 4.69) is 20.8 Å². The van der Waals surface area contributed by atoms with Gasteiger partial charge in [-0.25, -0.2) is 8.78 Å². The van der Waals surface area contributed by atoms with E-state index in [1.807, 2.05) is 24.3 Å². The number of anilines is 1. The fourth-order valence-electron chi connectivity index (χ4n) is 2.09. The first-order valence-corrected chi connectivity index (χ1v) is 6.67. The van der Waals surface area contributed by atoms with Gasteiger partial charge in [-0.2, -0.15) is 4.68 Å². The fraction of sp³-hybridized carbons (Fsp3) is 0.133. The summed E-state index contributed by atoms with van der Waals surface area (Å²) in [6.07, 6.45) is 0. The number of hydrogen-bond donors (Lipinski definition) is 1. The number of aromatic nitrogens is 4. The van der Waals surface area contributed by atoms with E-state index < -0.39 is 11.6 Å². The third-order valence-electron chi connectivity index (χ3n) is 3.21. The molecule has 0 saturated carbocycles. The molecule has 1 heterocycles. The van der Waals surface area contributed by atoms with Crippen LogP contribution in [-0.4, -0.2) is 20.2 Å². The first kappa shape index (κ1) is 14.1. The van der Waals surface area contributed by atoms with Gasteiger partial charge in [-0.15, -0.1) is 5.10 Å². The molecule has 5 nitrogen and oxygen atoms in total. The van der Waals surface area contributed by atoms with Crippen LogP contribution in [0.3, 0.4) is 0 Å². The molecule has 0 radical (unpaired) electrons. The van der Waals surface area contributed by atoms with Gasteiger partial charge in [-0.3, -0.25) is 0 Å². The number of nitrogens with one attached hydrogen (secondary N) is 1. The van der Waals surface area contributed by atoms with Crippen molar-refractivity contribution in [3.63, 3.8) is 0 Å². The van der Waals surface area contributed by atoms with Gasteiger partial charge in [0.15, 0.2) is 5.82 Å². The van der Waals surface area contributed by atoms with Crippen molar-refractivity contribution in [2.75, 3.05) is 5.32 Å². The number of hydrogen-bond acceptors (Lipinski definition) is 4. The zero-order chi connectivity index (χ0) is 15.5. The lowest BCUT2D eigenvalue weighted by Gasteiger charge is -2.09. The molecule has 0 bridgehead atoms. The molecule has 2 aromatic carbocycles. The van der Waals surface area contributed by atoms with Gasteiger partial charge in [0.25, 0.3) is 0 Å². The summed E-state index contributed by atoms with van der Waals surface area (Å²) in [6.45, 7) is 1.98. The van der Waals surface area contributed by atoms with Gasteiger partial charge in [-0.05, 0) is 53.7 Å². The van der Waals surface area contributed by atoms with Gasteiger partial charge in [-0.1, -0.05) is 6.07 Å². The molecule has 1 N–H and O–H groups in total. The number of aryl methyl sites for hydroxylation is 1. The van der Waals surface area contributed by atoms with Crippen molar-refractivity contribution >= 4 is 5.69 Å². The molecule has 22 heavy (non-hydrogen) atoms. The van der Waals surface area contributed by atoms with Crippen molar-refractivity contribution < 1.29 is 8.78 Å². The Labute approximate surface area is 125 Å². The second-order valence-electron chi connectivity index (χ2n) is 4.78. The predicted molar refractivity (Wildman–Crippen MR) is 77.6 cm³/mol. The Bertz CT molecular complexity index is 800. The zero-order valence-corrected chi connectivity index (χ0v) is 11.8. The predicted octanol–water partition coefficient (Wildman–Crippen LogP) is 2.86.